The summed E-state index contributed by atoms with van der Waals surface area (Å²) in [6.45, 7) is 4.60. The van der Waals surface area contributed by atoms with Crippen molar-refractivity contribution in [2.75, 3.05) is 17.2 Å². The van der Waals surface area contributed by atoms with Crippen molar-refractivity contribution in [3.63, 3.8) is 0 Å². The largest absolute Gasteiger partial charge is 0.368 e. The van der Waals surface area contributed by atoms with Gasteiger partial charge in [-0.1, -0.05) is 12.1 Å². The van der Waals surface area contributed by atoms with Gasteiger partial charge < -0.3 is 15.4 Å². The summed E-state index contributed by atoms with van der Waals surface area (Å²) in [5, 5.41) is 5.72. The second-order valence-corrected chi connectivity index (χ2v) is 6.40. The summed E-state index contributed by atoms with van der Waals surface area (Å²) in [6.07, 6.45) is 1.24. The normalized spacial score (nSPS) is 16.5. The predicted molar refractivity (Wildman–Crippen MR) is 97.9 cm³/mol. The predicted octanol–water partition coefficient (Wildman–Crippen LogP) is 3.67. The quantitative estimate of drug-likeness (QED) is 0.894. The van der Waals surface area contributed by atoms with E-state index in [2.05, 4.69) is 16.7 Å². The number of hydrogen-bond donors (Lipinski definition) is 2. The standard InChI is InChI=1S/C20H22N2O3/c1-13-9-14(2)11-17(10-13)22-19(23)15-5-3-6-16(12-15)21-20(24)18-7-4-8-25-18/h3,5-6,9-12,18H,4,7-8H2,1-2H3,(H,21,24)(H,22,23). The van der Waals surface area contributed by atoms with Crippen LogP contribution in [0.3, 0.4) is 0 Å². The van der Waals surface area contributed by atoms with E-state index in [9.17, 15) is 9.59 Å². The number of carbonyl (C=O) groups is 2. The van der Waals surface area contributed by atoms with Crippen molar-refractivity contribution in [2.24, 2.45) is 0 Å². The summed E-state index contributed by atoms with van der Waals surface area (Å²) in [5.41, 5.74) is 4.02. The van der Waals surface area contributed by atoms with E-state index in [-0.39, 0.29) is 11.8 Å². The van der Waals surface area contributed by atoms with Crippen LogP contribution < -0.4 is 10.6 Å². The molecule has 25 heavy (non-hydrogen) atoms. The maximum Gasteiger partial charge on any atom is 0.255 e. The number of aryl methyl sites for hydroxylation is 2. The van der Waals surface area contributed by atoms with E-state index >= 15 is 0 Å². The molecule has 0 aliphatic carbocycles. The molecule has 1 saturated heterocycles. The molecule has 5 nitrogen and oxygen atoms in total. The number of ether oxygens (including phenoxy) is 1. The number of carbonyl (C=O) groups excluding carboxylic acids is 2. The summed E-state index contributed by atoms with van der Waals surface area (Å²) in [5.74, 6) is -0.373. The molecule has 2 amide bonds. The van der Waals surface area contributed by atoms with Crippen LogP contribution in [0.15, 0.2) is 42.5 Å². The molecule has 2 aromatic rings. The molecular weight excluding hydrogens is 316 g/mol. The molecule has 1 unspecified atom stereocenters. The molecule has 1 aliphatic rings. The number of amides is 2. The maximum atomic E-state index is 12.5. The Balaban J connectivity index is 1.69. The molecule has 1 aliphatic heterocycles. The van der Waals surface area contributed by atoms with E-state index in [1.54, 1.807) is 24.3 Å². The Morgan fingerprint density at radius 1 is 1.00 bits per heavy atom. The van der Waals surface area contributed by atoms with Gasteiger partial charge in [0.25, 0.3) is 11.8 Å². The molecule has 0 radical (unpaired) electrons. The minimum atomic E-state index is -0.396. The number of anilines is 2. The van der Waals surface area contributed by atoms with E-state index < -0.39 is 6.10 Å². The smallest absolute Gasteiger partial charge is 0.255 e. The molecule has 0 saturated carbocycles. The lowest BCUT2D eigenvalue weighted by molar-refractivity contribution is -0.124. The third-order valence-electron chi connectivity index (χ3n) is 4.09. The van der Waals surface area contributed by atoms with Crippen LogP contribution in [0, 0.1) is 13.8 Å². The van der Waals surface area contributed by atoms with Crippen molar-refractivity contribution < 1.29 is 14.3 Å². The summed E-state index contributed by atoms with van der Waals surface area (Å²) in [4.78, 5) is 24.6. The van der Waals surface area contributed by atoms with Gasteiger partial charge in [-0.2, -0.15) is 0 Å². The first-order valence-electron chi connectivity index (χ1n) is 8.43. The second kappa shape index (κ2) is 7.49. The molecule has 0 bridgehead atoms. The fraction of sp³-hybridized carbons (Fsp3) is 0.300. The summed E-state index contributed by atoms with van der Waals surface area (Å²) in [7, 11) is 0. The molecular formula is C20H22N2O3. The Bertz CT molecular complexity index is 775. The maximum absolute atomic E-state index is 12.5. The lowest BCUT2D eigenvalue weighted by Gasteiger charge is -2.12. The van der Waals surface area contributed by atoms with E-state index in [0.29, 0.717) is 17.9 Å². The van der Waals surface area contributed by atoms with E-state index in [4.69, 9.17) is 4.74 Å². The Kier molecular flexibility index (Phi) is 5.14. The van der Waals surface area contributed by atoms with Gasteiger partial charge in [0.05, 0.1) is 0 Å². The molecule has 0 spiro atoms. The number of nitrogens with one attached hydrogen (secondary N) is 2. The number of hydrogen-bond acceptors (Lipinski definition) is 3. The molecule has 0 aromatic heterocycles. The van der Waals surface area contributed by atoms with Gasteiger partial charge in [-0.15, -0.1) is 0 Å². The lowest BCUT2D eigenvalue weighted by atomic mass is 10.1. The molecule has 1 atom stereocenters. The highest BCUT2D eigenvalue weighted by atomic mass is 16.5. The van der Waals surface area contributed by atoms with Crippen LogP contribution in [0.5, 0.6) is 0 Å². The number of benzene rings is 2. The van der Waals surface area contributed by atoms with Crippen LogP contribution in [0.4, 0.5) is 11.4 Å². The van der Waals surface area contributed by atoms with Gasteiger partial charge in [-0.3, -0.25) is 9.59 Å². The topological polar surface area (TPSA) is 67.4 Å². The van der Waals surface area contributed by atoms with Crippen LogP contribution in [0.2, 0.25) is 0 Å². The molecule has 1 heterocycles. The second-order valence-electron chi connectivity index (χ2n) is 6.40. The first-order valence-corrected chi connectivity index (χ1v) is 8.43. The van der Waals surface area contributed by atoms with Gasteiger partial charge in [0, 0.05) is 23.5 Å². The molecule has 3 rings (SSSR count). The molecule has 5 heteroatoms. The van der Waals surface area contributed by atoms with Crippen LogP contribution >= 0.6 is 0 Å². The Labute approximate surface area is 147 Å². The van der Waals surface area contributed by atoms with Gasteiger partial charge >= 0.3 is 0 Å². The van der Waals surface area contributed by atoms with Crippen molar-refractivity contribution in [2.45, 2.75) is 32.8 Å². The highest BCUT2D eigenvalue weighted by Gasteiger charge is 2.23. The van der Waals surface area contributed by atoms with Crippen molar-refractivity contribution in [3.05, 3.63) is 59.2 Å². The van der Waals surface area contributed by atoms with Crippen LogP contribution in [-0.2, 0) is 9.53 Å². The minimum absolute atomic E-state index is 0.163. The Hall–Kier alpha value is -2.66. The zero-order chi connectivity index (χ0) is 17.8. The average molecular weight is 338 g/mol. The third kappa shape index (κ3) is 4.45. The van der Waals surface area contributed by atoms with E-state index in [1.807, 2.05) is 26.0 Å². The number of rotatable bonds is 4. The van der Waals surface area contributed by atoms with Crippen LogP contribution in [-0.4, -0.2) is 24.5 Å². The SMILES string of the molecule is Cc1cc(C)cc(NC(=O)c2cccc(NC(=O)C3CCCO3)c2)c1. The fourth-order valence-electron chi connectivity index (χ4n) is 3.00. The fourth-order valence-corrected chi connectivity index (χ4v) is 3.00. The lowest BCUT2D eigenvalue weighted by Crippen LogP contribution is -2.27. The average Bonchev–Trinajstić information content (AvgIpc) is 3.08. The Morgan fingerprint density at radius 2 is 1.76 bits per heavy atom. The van der Waals surface area contributed by atoms with Gasteiger partial charge in [0.15, 0.2) is 0 Å². The zero-order valence-corrected chi connectivity index (χ0v) is 14.5. The first-order chi connectivity index (χ1) is 12.0. The molecule has 2 N–H and O–H groups in total. The molecule has 130 valence electrons. The first kappa shape index (κ1) is 17.2. The highest BCUT2D eigenvalue weighted by Crippen LogP contribution is 2.18. The van der Waals surface area contributed by atoms with Gasteiger partial charge in [-0.05, 0) is 68.1 Å². The van der Waals surface area contributed by atoms with E-state index in [1.165, 1.54) is 0 Å². The van der Waals surface area contributed by atoms with Crippen molar-refractivity contribution in [3.8, 4) is 0 Å². The monoisotopic (exact) mass is 338 g/mol. The van der Waals surface area contributed by atoms with Crippen molar-refractivity contribution >= 4 is 23.2 Å². The highest BCUT2D eigenvalue weighted by molar-refractivity contribution is 6.05. The summed E-state index contributed by atoms with van der Waals surface area (Å²) in [6, 6.07) is 12.8. The van der Waals surface area contributed by atoms with Crippen molar-refractivity contribution in [1.29, 1.82) is 0 Å². The summed E-state index contributed by atoms with van der Waals surface area (Å²) >= 11 is 0. The van der Waals surface area contributed by atoms with E-state index in [0.717, 1.165) is 29.7 Å². The Morgan fingerprint density at radius 3 is 2.44 bits per heavy atom. The van der Waals surface area contributed by atoms with Crippen LogP contribution in [0.25, 0.3) is 0 Å². The van der Waals surface area contributed by atoms with Gasteiger partial charge in [-0.25, -0.2) is 0 Å². The van der Waals surface area contributed by atoms with Gasteiger partial charge in [0.1, 0.15) is 6.10 Å². The summed E-state index contributed by atoms with van der Waals surface area (Å²) < 4.78 is 5.37. The van der Waals surface area contributed by atoms with Gasteiger partial charge in [0.2, 0.25) is 0 Å². The zero-order valence-electron chi connectivity index (χ0n) is 14.5. The molecule has 2 aromatic carbocycles. The van der Waals surface area contributed by atoms with Crippen molar-refractivity contribution in [1.82, 2.24) is 0 Å². The minimum Gasteiger partial charge on any atom is -0.368 e. The van der Waals surface area contributed by atoms with Crippen LogP contribution in [0.1, 0.15) is 34.3 Å². The molecule has 1 fully saturated rings. The third-order valence-corrected chi connectivity index (χ3v) is 4.09.